The van der Waals surface area contributed by atoms with Gasteiger partial charge in [-0.2, -0.15) is 0 Å². The Labute approximate surface area is 121 Å². The van der Waals surface area contributed by atoms with Gasteiger partial charge in [-0.05, 0) is 19.9 Å². The zero-order valence-electron chi connectivity index (χ0n) is 11.9. The Bertz CT molecular complexity index is 555. The van der Waals surface area contributed by atoms with Crippen LogP contribution in [-0.2, 0) is 9.53 Å². The van der Waals surface area contributed by atoms with Crippen LogP contribution in [0.1, 0.15) is 24.2 Å². The first-order chi connectivity index (χ1) is 9.90. The molecule has 1 amide bonds. The molecular weight excluding hydrogens is 278 g/mol. The summed E-state index contributed by atoms with van der Waals surface area (Å²) >= 11 is 0. The minimum Gasteiger partial charge on any atom is -0.452 e. The zero-order chi connectivity index (χ0) is 16.0. The molecule has 0 radical (unpaired) electrons. The van der Waals surface area contributed by atoms with E-state index in [2.05, 4.69) is 0 Å². The molecule has 0 aliphatic rings. The van der Waals surface area contributed by atoms with Gasteiger partial charge in [0.25, 0.3) is 11.6 Å². The normalized spacial score (nSPS) is 10.0. The van der Waals surface area contributed by atoms with Crippen molar-refractivity contribution in [2.24, 2.45) is 0 Å². The first-order valence-electron chi connectivity index (χ1n) is 6.39. The lowest BCUT2D eigenvalue weighted by Crippen LogP contribution is -2.34. The van der Waals surface area contributed by atoms with Crippen LogP contribution in [0.3, 0.4) is 0 Å². The number of carbonyl (C=O) groups is 2. The lowest BCUT2D eigenvalue weighted by Gasteiger charge is -2.18. The van der Waals surface area contributed by atoms with E-state index in [9.17, 15) is 19.7 Å². The van der Waals surface area contributed by atoms with Crippen molar-refractivity contribution < 1.29 is 19.2 Å². The lowest BCUT2D eigenvalue weighted by molar-refractivity contribution is -0.384. The summed E-state index contributed by atoms with van der Waals surface area (Å²) in [6.45, 7) is 4.20. The van der Waals surface area contributed by atoms with Gasteiger partial charge in [-0.3, -0.25) is 14.9 Å². The first-order valence-corrected chi connectivity index (χ1v) is 6.39. The molecule has 114 valence electrons. The highest BCUT2D eigenvalue weighted by atomic mass is 16.6. The molecule has 0 bridgehead atoms. The summed E-state index contributed by atoms with van der Waals surface area (Å²) in [4.78, 5) is 35.1. The minimum absolute atomic E-state index is 0.0564. The van der Waals surface area contributed by atoms with E-state index in [0.29, 0.717) is 13.1 Å². The number of benzene rings is 1. The second kappa shape index (κ2) is 7.22. The number of nitro groups is 1. The molecular formula is C13H17N3O5. The maximum absolute atomic E-state index is 11.8. The van der Waals surface area contributed by atoms with Crippen molar-refractivity contribution in [2.45, 2.75) is 13.8 Å². The van der Waals surface area contributed by atoms with E-state index in [1.54, 1.807) is 0 Å². The van der Waals surface area contributed by atoms with Gasteiger partial charge in [0, 0.05) is 30.9 Å². The Morgan fingerprint density at radius 3 is 2.48 bits per heavy atom. The maximum Gasteiger partial charge on any atom is 0.341 e. The predicted molar refractivity (Wildman–Crippen MR) is 75.7 cm³/mol. The molecule has 8 heteroatoms. The molecule has 2 N–H and O–H groups in total. The second-order valence-electron chi connectivity index (χ2n) is 4.17. The number of ether oxygens (including phenoxy) is 1. The van der Waals surface area contributed by atoms with E-state index in [0.717, 1.165) is 6.07 Å². The van der Waals surface area contributed by atoms with Crippen LogP contribution < -0.4 is 5.73 Å². The maximum atomic E-state index is 11.8. The Morgan fingerprint density at radius 2 is 1.95 bits per heavy atom. The van der Waals surface area contributed by atoms with Gasteiger partial charge in [0.15, 0.2) is 6.61 Å². The van der Waals surface area contributed by atoms with Crippen LogP contribution in [0.25, 0.3) is 0 Å². The third kappa shape index (κ3) is 4.16. The van der Waals surface area contributed by atoms with Crippen LogP contribution in [0.2, 0.25) is 0 Å². The van der Waals surface area contributed by atoms with Crippen molar-refractivity contribution in [3.05, 3.63) is 33.9 Å². The Hall–Kier alpha value is -2.64. The molecule has 0 fully saturated rings. The van der Waals surface area contributed by atoms with Crippen molar-refractivity contribution in [1.29, 1.82) is 0 Å². The average Bonchev–Trinajstić information content (AvgIpc) is 2.46. The van der Waals surface area contributed by atoms with E-state index in [1.165, 1.54) is 17.0 Å². The van der Waals surface area contributed by atoms with Gasteiger partial charge in [-0.15, -0.1) is 0 Å². The zero-order valence-corrected chi connectivity index (χ0v) is 11.9. The summed E-state index contributed by atoms with van der Waals surface area (Å²) in [6, 6.07) is 3.47. The molecule has 1 aromatic carbocycles. The van der Waals surface area contributed by atoms with E-state index >= 15 is 0 Å². The number of amides is 1. The number of anilines is 1. The topological polar surface area (TPSA) is 116 Å². The van der Waals surface area contributed by atoms with Gasteiger partial charge in [0.2, 0.25) is 0 Å². The summed E-state index contributed by atoms with van der Waals surface area (Å²) in [6.07, 6.45) is 0. The van der Waals surface area contributed by atoms with Crippen molar-refractivity contribution >= 4 is 23.3 Å². The van der Waals surface area contributed by atoms with Crippen LogP contribution in [0.15, 0.2) is 18.2 Å². The van der Waals surface area contributed by atoms with Gasteiger partial charge in [-0.1, -0.05) is 0 Å². The van der Waals surface area contributed by atoms with Crippen molar-refractivity contribution in [3.63, 3.8) is 0 Å². The van der Waals surface area contributed by atoms with Gasteiger partial charge >= 0.3 is 5.97 Å². The third-order valence-electron chi connectivity index (χ3n) is 2.91. The SMILES string of the molecule is CCN(CC)C(=O)COC(=O)c1cc([N+](=O)[O-])ccc1N. The molecule has 1 aromatic rings. The largest absolute Gasteiger partial charge is 0.452 e. The summed E-state index contributed by atoms with van der Waals surface area (Å²) in [5.74, 6) is -1.20. The number of nitrogen functional groups attached to an aromatic ring is 1. The summed E-state index contributed by atoms with van der Waals surface area (Å²) in [5.41, 5.74) is 5.25. The van der Waals surface area contributed by atoms with Gasteiger partial charge in [-0.25, -0.2) is 4.79 Å². The van der Waals surface area contributed by atoms with Crippen LogP contribution in [0.5, 0.6) is 0 Å². The molecule has 0 spiro atoms. The number of hydrogen-bond acceptors (Lipinski definition) is 6. The fourth-order valence-corrected chi connectivity index (χ4v) is 1.71. The molecule has 0 unspecified atom stereocenters. The van der Waals surface area contributed by atoms with Gasteiger partial charge in [0.1, 0.15) is 0 Å². The highest BCUT2D eigenvalue weighted by Gasteiger charge is 2.18. The molecule has 0 heterocycles. The number of nitrogens with two attached hydrogens (primary N) is 1. The number of likely N-dealkylation sites (N-methyl/N-ethyl adjacent to an activating group) is 1. The quantitative estimate of drug-likeness (QED) is 0.365. The molecule has 8 nitrogen and oxygen atoms in total. The van der Waals surface area contributed by atoms with Crippen LogP contribution in [-0.4, -0.2) is 41.4 Å². The molecule has 21 heavy (non-hydrogen) atoms. The number of hydrogen-bond donors (Lipinski definition) is 1. The third-order valence-corrected chi connectivity index (χ3v) is 2.91. The molecule has 1 rings (SSSR count). The van der Waals surface area contributed by atoms with Crippen molar-refractivity contribution in [3.8, 4) is 0 Å². The van der Waals surface area contributed by atoms with Crippen molar-refractivity contribution in [2.75, 3.05) is 25.4 Å². The van der Waals surface area contributed by atoms with Crippen LogP contribution in [0.4, 0.5) is 11.4 Å². The number of non-ortho nitro benzene ring substituents is 1. The van der Waals surface area contributed by atoms with Crippen LogP contribution in [0, 0.1) is 10.1 Å². The lowest BCUT2D eigenvalue weighted by atomic mass is 10.1. The van der Waals surface area contributed by atoms with E-state index in [4.69, 9.17) is 10.5 Å². The Kier molecular flexibility index (Phi) is 5.65. The van der Waals surface area contributed by atoms with Crippen molar-refractivity contribution in [1.82, 2.24) is 4.90 Å². The number of rotatable bonds is 6. The fourth-order valence-electron chi connectivity index (χ4n) is 1.71. The minimum atomic E-state index is -0.864. The number of esters is 1. The number of nitrogens with zero attached hydrogens (tertiary/aromatic N) is 2. The first kappa shape index (κ1) is 16.4. The molecule has 0 aromatic heterocycles. The number of carbonyl (C=O) groups excluding carboxylic acids is 2. The smallest absolute Gasteiger partial charge is 0.341 e. The summed E-state index contributed by atoms with van der Waals surface area (Å²) < 4.78 is 4.86. The fraction of sp³-hybridized carbons (Fsp3) is 0.385. The van der Waals surface area contributed by atoms with Gasteiger partial charge < -0.3 is 15.4 Å². The van der Waals surface area contributed by atoms with E-state index < -0.39 is 17.5 Å². The summed E-state index contributed by atoms with van der Waals surface area (Å²) in [7, 11) is 0. The molecule has 0 atom stereocenters. The molecule has 0 aliphatic heterocycles. The average molecular weight is 295 g/mol. The van der Waals surface area contributed by atoms with Crippen LogP contribution >= 0.6 is 0 Å². The number of nitro benzene ring substituents is 1. The standard InChI is InChI=1S/C13H17N3O5/c1-3-15(4-2)12(17)8-21-13(18)10-7-9(16(19)20)5-6-11(10)14/h5-7H,3-4,8,14H2,1-2H3. The molecule has 0 saturated heterocycles. The second-order valence-corrected chi connectivity index (χ2v) is 4.17. The monoisotopic (exact) mass is 295 g/mol. The van der Waals surface area contributed by atoms with E-state index in [1.807, 2.05) is 13.8 Å². The Balaban J connectivity index is 2.78. The highest BCUT2D eigenvalue weighted by Crippen LogP contribution is 2.20. The highest BCUT2D eigenvalue weighted by molar-refractivity contribution is 5.96. The molecule has 0 saturated carbocycles. The van der Waals surface area contributed by atoms with Gasteiger partial charge in [0.05, 0.1) is 10.5 Å². The predicted octanol–water partition coefficient (Wildman–Crippen LogP) is 1.20. The van der Waals surface area contributed by atoms with E-state index in [-0.39, 0.29) is 22.8 Å². The Morgan fingerprint density at radius 1 is 1.33 bits per heavy atom. The summed E-state index contributed by atoms with van der Waals surface area (Å²) in [5, 5.41) is 10.7. The molecule has 0 aliphatic carbocycles.